The van der Waals surface area contributed by atoms with Crippen molar-refractivity contribution < 1.29 is 29.6 Å². The second-order valence-corrected chi connectivity index (χ2v) is 14.1. The Labute approximate surface area is 263 Å². The first-order valence-electron chi connectivity index (χ1n) is 14.4. The summed E-state index contributed by atoms with van der Waals surface area (Å²) in [5, 5.41) is 32.8. The highest BCUT2D eigenvalue weighted by atomic mass is 127. The van der Waals surface area contributed by atoms with Crippen LogP contribution in [0.4, 0.5) is 5.82 Å². The molecule has 3 aromatic rings. The summed E-state index contributed by atoms with van der Waals surface area (Å²) in [6.45, 7) is 3.74. The van der Waals surface area contributed by atoms with Crippen molar-refractivity contribution in [3.63, 3.8) is 0 Å². The average Bonchev–Trinajstić information content (AvgIpc) is 3.54. The predicted octanol–water partition coefficient (Wildman–Crippen LogP) is 3.48. The summed E-state index contributed by atoms with van der Waals surface area (Å²) in [4.78, 5) is 41.1. The van der Waals surface area contributed by atoms with Crippen molar-refractivity contribution in [2.24, 2.45) is 11.3 Å². The van der Waals surface area contributed by atoms with Gasteiger partial charge in [-0.15, -0.1) is 0 Å². The van der Waals surface area contributed by atoms with Crippen LogP contribution in [0, 0.1) is 14.9 Å². The number of benzene rings is 2. The largest absolute Gasteiger partial charge is 0.508 e. The molecule has 0 spiro atoms. The lowest BCUT2D eigenvalue weighted by Crippen LogP contribution is -2.52. The van der Waals surface area contributed by atoms with Crippen molar-refractivity contribution in [3.05, 3.63) is 50.7 Å². The van der Waals surface area contributed by atoms with Crippen LogP contribution in [0.2, 0.25) is 0 Å². The van der Waals surface area contributed by atoms with Crippen LogP contribution in [0.15, 0.2) is 30.3 Å². The van der Waals surface area contributed by atoms with E-state index in [0.717, 1.165) is 33.7 Å². The van der Waals surface area contributed by atoms with Crippen molar-refractivity contribution >= 4 is 51.1 Å². The zero-order valence-corrected chi connectivity index (χ0v) is 26.7. The Morgan fingerprint density at radius 3 is 2.65 bits per heavy atom. The summed E-state index contributed by atoms with van der Waals surface area (Å²) < 4.78 is 7.09. The third-order valence-electron chi connectivity index (χ3n) is 8.59. The number of hydrogen-bond donors (Lipinski definition) is 3. The van der Waals surface area contributed by atoms with E-state index in [1.807, 2.05) is 32.3 Å². The standard InChI is InChI=1S/C31H36IN5O6/c1-30(42)11-19(28(40)41)12-37(15-30)26-22-13-36(27(39)21-10-20(38)9-18-5-4-6-23(32)25(18)21)14-24(22)33-29(34-26)43-17-31(7-8-31)16-35(2)3/h4-6,9-10,19,38,42H,7-8,11-17H2,1-3H3,(H,40,41). The molecule has 1 saturated heterocycles. The summed E-state index contributed by atoms with van der Waals surface area (Å²) in [5.41, 5.74) is 0.531. The minimum absolute atomic E-state index is 0.00715. The van der Waals surface area contributed by atoms with Gasteiger partial charge in [0, 0.05) is 39.6 Å². The maximum absolute atomic E-state index is 14.0. The van der Waals surface area contributed by atoms with Gasteiger partial charge in [0.15, 0.2) is 0 Å². The number of carbonyl (C=O) groups is 2. The van der Waals surface area contributed by atoms with Crippen molar-refractivity contribution in [2.45, 2.75) is 44.9 Å². The van der Waals surface area contributed by atoms with Gasteiger partial charge in [0.1, 0.15) is 11.6 Å². The first-order chi connectivity index (χ1) is 20.3. The number of aromatic nitrogens is 2. The number of ether oxygens (including phenoxy) is 1. The van der Waals surface area contributed by atoms with Gasteiger partial charge in [-0.3, -0.25) is 9.59 Å². The molecule has 3 aliphatic rings. The molecule has 3 heterocycles. The molecular weight excluding hydrogens is 665 g/mol. The Bertz CT molecular complexity index is 1610. The monoisotopic (exact) mass is 701 g/mol. The molecule has 2 aliphatic heterocycles. The molecule has 0 bridgehead atoms. The Morgan fingerprint density at radius 2 is 1.95 bits per heavy atom. The number of β-amino-alcohol motifs (C(OH)–C–C–N with tert-alkyl or cyclic N) is 1. The minimum Gasteiger partial charge on any atom is -0.508 e. The second kappa shape index (κ2) is 11.0. The topological polar surface area (TPSA) is 140 Å². The molecule has 2 atom stereocenters. The second-order valence-electron chi connectivity index (χ2n) is 12.9. The molecule has 2 fully saturated rings. The number of carbonyl (C=O) groups excluding carboxylic acids is 1. The van der Waals surface area contributed by atoms with Gasteiger partial charge in [-0.1, -0.05) is 12.1 Å². The van der Waals surface area contributed by atoms with Crippen LogP contribution < -0.4 is 9.64 Å². The predicted molar refractivity (Wildman–Crippen MR) is 168 cm³/mol. The highest BCUT2D eigenvalue weighted by Gasteiger charge is 2.45. The number of piperidine rings is 1. The highest BCUT2D eigenvalue weighted by molar-refractivity contribution is 14.1. The molecule has 0 radical (unpaired) electrons. The number of phenols is 1. The first kappa shape index (κ1) is 29.8. The van der Waals surface area contributed by atoms with Gasteiger partial charge >= 0.3 is 12.0 Å². The van der Waals surface area contributed by atoms with Crippen LogP contribution in [-0.2, 0) is 17.9 Å². The number of carboxylic acid groups (broad SMARTS) is 1. The summed E-state index contributed by atoms with van der Waals surface area (Å²) >= 11 is 2.20. The van der Waals surface area contributed by atoms with Gasteiger partial charge in [-0.05, 0) is 86.5 Å². The normalized spacial score (nSPS) is 22.6. The summed E-state index contributed by atoms with van der Waals surface area (Å²) in [7, 11) is 4.07. The quantitative estimate of drug-likeness (QED) is 0.300. The number of fused-ring (bicyclic) bond motifs is 2. The van der Waals surface area contributed by atoms with Gasteiger partial charge in [0.25, 0.3) is 5.91 Å². The van der Waals surface area contributed by atoms with E-state index in [4.69, 9.17) is 14.7 Å². The molecule has 6 rings (SSSR count). The van der Waals surface area contributed by atoms with Crippen molar-refractivity contribution in [1.29, 1.82) is 0 Å². The SMILES string of the molecule is CN(C)CC1(COc2nc3c(c(N4CC(C(=O)O)CC(C)(O)C4)n2)CN(C(=O)c2cc(O)cc4cccc(I)c24)C3)CC1. The Hall–Kier alpha value is -3.23. The number of carboxylic acids is 1. The number of aliphatic hydroxyl groups is 1. The molecule has 1 amide bonds. The highest BCUT2D eigenvalue weighted by Crippen LogP contribution is 2.46. The molecule has 2 unspecified atom stereocenters. The Balaban J connectivity index is 1.35. The van der Waals surface area contributed by atoms with Crippen LogP contribution in [0.3, 0.4) is 0 Å². The van der Waals surface area contributed by atoms with Crippen LogP contribution in [0.5, 0.6) is 11.8 Å². The molecule has 3 N–H and O–H groups in total. The molecule has 228 valence electrons. The lowest BCUT2D eigenvalue weighted by molar-refractivity contribution is -0.144. The molecule has 1 aliphatic carbocycles. The summed E-state index contributed by atoms with van der Waals surface area (Å²) in [5.74, 6) is -1.53. The number of aliphatic carboxylic acids is 1. The van der Waals surface area contributed by atoms with Crippen LogP contribution in [0.25, 0.3) is 10.8 Å². The smallest absolute Gasteiger partial charge is 0.318 e. The number of halogens is 1. The number of nitrogens with zero attached hydrogens (tertiary/aromatic N) is 5. The van der Waals surface area contributed by atoms with Gasteiger partial charge in [0.05, 0.1) is 42.5 Å². The van der Waals surface area contributed by atoms with Crippen LogP contribution in [0.1, 0.15) is 47.8 Å². The minimum atomic E-state index is -1.24. The lowest BCUT2D eigenvalue weighted by atomic mass is 9.86. The number of rotatable bonds is 8. The van der Waals surface area contributed by atoms with E-state index in [1.54, 1.807) is 22.8 Å². The van der Waals surface area contributed by atoms with E-state index < -0.39 is 17.5 Å². The first-order valence-corrected chi connectivity index (χ1v) is 15.5. The Morgan fingerprint density at radius 1 is 1.19 bits per heavy atom. The third-order valence-corrected chi connectivity index (χ3v) is 9.49. The third kappa shape index (κ3) is 6.09. The van der Waals surface area contributed by atoms with E-state index in [1.165, 1.54) is 6.07 Å². The average molecular weight is 702 g/mol. The maximum Gasteiger partial charge on any atom is 0.318 e. The zero-order chi connectivity index (χ0) is 30.7. The number of hydrogen-bond acceptors (Lipinski definition) is 9. The van der Waals surface area contributed by atoms with Gasteiger partial charge in [-0.25, -0.2) is 0 Å². The molecule has 11 nitrogen and oxygen atoms in total. The van der Waals surface area contributed by atoms with E-state index in [2.05, 4.69) is 27.5 Å². The zero-order valence-electron chi connectivity index (χ0n) is 24.5. The van der Waals surface area contributed by atoms with Crippen LogP contribution >= 0.6 is 22.6 Å². The van der Waals surface area contributed by atoms with Gasteiger partial charge in [0.2, 0.25) is 0 Å². The fourth-order valence-corrected chi connectivity index (χ4v) is 7.34. The number of aromatic hydroxyl groups is 1. The van der Waals surface area contributed by atoms with Gasteiger partial charge < -0.3 is 34.8 Å². The molecule has 43 heavy (non-hydrogen) atoms. The fourth-order valence-electron chi connectivity index (χ4n) is 6.53. The van der Waals surface area contributed by atoms with Gasteiger partial charge in [-0.2, -0.15) is 9.97 Å². The van der Waals surface area contributed by atoms with Crippen molar-refractivity contribution in [3.8, 4) is 11.8 Å². The molecule has 1 aromatic heterocycles. The fraction of sp³-hybridized carbons (Fsp3) is 0.484. The molecule has 1 saturated carbocycles. The van der Waals surface area contributed by atoms with E-state index in [0.29, 0.717) is 29.2 Å². The number of anilines is 1. The molecule has 12 heteroatoms. The molecular formula is C31H36IN5O6. The van der Waals surface area contributed by atoms with Crippen molar-refractivity contribution in [2.75, 3.05) is 45.2 Å². The summed E-state index contributed by atoms with van der Waals surface area (Å²) in [6, 6.07) is 8.99. The number of phenolic OH excluding ortho intramolecular Hbond substituents is 1. The van der Waals surface area contributed by atoms with Crippen molar-refractivity contribution in [1.82, 2.24) is 19.8 Å². The van der Waals surface area contributed by atoms with E-state index >= 15 is 0 Å². The maximum atomic E-state index is 14.0. The summed E-state index contributed by atoms with van der Waals surface area (Å²) in [6.07, 6.45) is 2.24. The lowest BCUT2D eigenvalue weighted by Gasteiger charge is -2.41. The molecule has 2 aromatic carbocycles. The Kier molecular flexibility index (Phi) is 7.66. The number of amides is 1. The van der Waals surface area contributed by atoms with E-state index in [-0.39, 0.29) is 55.7 Å². The van der Waals surface area contributed by atoms with E-state index in [9.17, 15) is 24.9 Å². The van der Waals surface area contributed by atoms with Crippen LogP contribution in [-0.4, -0.2) is 92.9 Å².